The van der Waals surface area contributed by atoms with Crippen LogP contribution in [0.25, 0.3) is 0 Å². The van der Waals surface area contributed by atoms with Gasteiger partial charge in [0.05, 0.1) is 20.8 Å². The third-order valence-electron chi connectivity index (χ3n) is 5.97. The van der Waals surface area contributed by atoms with Crippen LogP contribution in [0.4, 0.5) is 0 Å². The summed E-state index contributed by atoms with van der Waals surface area (Å²) in [4.78, 5) is 0. The maximum Gasteiger partial charge on any atom is 0.190 e. The quantitative estimate of drug-likeness (QED) is 0.685. The molecule has 2 saturated heterocycles. The van der Waals surface area contributed by atoms with Crippen LogP contribution >= 0.6 is 0 Å². The minimum Gasteiger partial charge on any atom is -0.391 e. The summed E-state index contributed by atoms with van der Waals surface area (Å²) in [5, 5.41) is 12.5. The van der Waals surface area contributed by atoms with Gasteiger partial charge in [0.15, 0.2) is 12.1 Å². The van der Waals surface area contributed by atoms with Gasteiger partial charge in [-0.15, -0.1) is 0 Å². The molecule has 5 atom stereocenters. The molecule has 0 bridgehead atoms. The summed E-state index contributed by atoms with van der Waals surface area (Å²) in [5.74, 6) is -0.725. The predicted octanol–water partition coefficient (Wildman–Crippen LogP) is 3.42. The SMILES string of the molecule is CC1(C)OC2C(OCc3ccccc3)[C@@H]([C@@H](O)C[Si](C)(C)c3ccccc3)O[C@@H]2O1. The molecule has 2 unspecified atom stereocenters. The zero-order valence-electron chi connectivity index (χ0n) is 18.2. The van der Waals surface area contributed by atoms with Crippen LogP contribution in [0.1, 0.15) is 19.4 Å². The highest BCUT2D eigenvalue weighted by atomic mass is 28.3. The van der Waals surface area contributed by atoms with Crippen LogP contribution in [0.2, 0.25) is 19.1 Å². The normalized spacial score (nSPS) is 29.0. The van der Waals surface area contributed by atoms with Crippen molar-refractivity contribution in [1.29, 1.82) is 0 Å². The van der Waals surface area contributed by atoms with Gasteiger partial charge in [-0.05, 0) is 25.5 Å². The van der Waals surface area contributed by atoms with Crippen LogP contribution in [0.15, 0.2) is 60.7 Å². The maximum atomic E-state index is 11.2. The highest BCUT2D eigenvalue weighted by Crippen LogP contribution is 2.40. The molecule has 0 spiro atoms. The van der Waals surface area contributed by atoms with E-state index < -0.39 is 38.5 Å². The fraction of sp³-hybridized carbons (Fsp3) is 0.500. The molecule has 6 heteroatoms. The van der Waals surface area contributed by atoms with Gasteiger partial charge in [-0.3, -0.25) is 0 Å². The Morgan fingerprint density at radius 3 is 2.30 bits per heavy atom. The van der Waals surface area contributed by atoms with Gasteiger partial charge in [-0.2, -0.15) is 0 Å². The number of ether oxygens (including phenoxy) is 4. The lowest BCUT2D eigenvalue weighted by molar-refractivity contribution is -0.229. The smallest absolute Gasteiger partial charge is 0.190 e. The van der Waals surface area contributed by atoms with Crippen LogP contribution in [0, 0.1) is 0 Å². The summed E-state index contributed by atoms with van der Waals surface area (Å²) in [6.45, 7) is 8.73. The largest absolute Gasteiger partial charge is 0.391 e. The molecular formula is C24H32O5Si. The predicted molar refractivity (Wildman–Crippen MR) is 118 cm³/mol. The molecule has 5 nitrogen and oxygen atoms in total. The molecule has 0 aliphatic carbocycles. The average Bonchev–Trinajstić information content (AvgIpc) is 3.19. The van der Waals surface area contributed by atoms with Gasteiger partial charge in [-0.1, -0.05) is 78.9 Å². The van der Waals surface area contributed by atoms with Crippen molar-refractivity contribution in [2.24, 2.45) is 0 Å². The summed E-state index contributed by atoms with van der Waals surface area (Å²) < 4.78 is 24.5. The zero-order valence-corrected chi connectivity index (χ0v) is 19.2. The fourth-order valence-corrected chi connectivity index (χ4v) is 7.02. The van der Waals surface area contributed by atoms with Crippen molar-refractivity contribution in [3.8, 4) is 0 Å². The summed E-state index contributed by atoms with van der Waals surface area (Å²) in [5.41, 5.74) is 1.08. The minimum absolute atomic E-state index is 0.357. The Bertz CT molecular complexity index is 826. The minimum atomic E-state index is -1.86. The Labute approximate surface area is 179 Å². The summed E-state index contributed by atoms with van der Waals surface area (Å²) in [6.07, 6.45) is -2.43. The number of aliphatic hydroxyl groups excluding tert-OH is 1. The van der Waals surface area contributed by atoms with E-state index in [0.29, 0.717) is 12.7 Å². The number of hydrogen-bond donors (Lipinski definition) is 1. The first kappa shape index (κ1) is 21.7. The van der Waals surface area contributed by atoms with Crippen molar-refractivity contribution >= 4 is 13.3 Å². The molecule has 0 radical (unpaired) electrons. The second-order valence-corrected chi connectivity index (χ2v) is 14.1. The van der Waals surface area contributed by atoms with Gasteiger partial charge < -0.3 is 24.1 Å². The Morgan fingerprint density at radius 2 is 1.63 bits per heavy atom. The third-order valence-corrected chi connectivity index (χ3v) is 9.30. The van der Waals surface area contributed by atoms with Crippen molar-refractivity contribution in [3.05, 3.63) is 66.2 Å². The van der Waals surface area contributed by atoms with Gasteiger partial charge in [0.25, 0.3) is 0 Å². The van der Waals surface area contributed by atoms with Crippen molar-refractivity contribution in [1.82, 2.24) is 0 Å². The van der Waals surface area contributed by atoms with E-state index >= 15 is 0 Å². The first-order valence-electron chi connectivity index (χ1n) is 10.7. The van der Waals surface area contributed by atoms with E-state index in [1.54, 1.807) is 0 Å². The molecular weight excluding hydrogens is 396 g/mol. The van der Waals surface area contributed by atoms with E-state index in [4.69, 9.17) is 18.9 Å². The molecule has 0 aromatic heterocycles. The van der Waals surface area contributed by atoms with Crippen LogP contribution < -0.4 is 5.19 Å². The molecule has 1 N–H and O–H groups in total. The monoisotopic (exact) mass is 428 g/mol. The van der Waals surface area contributed by atoms with Crippen molar-refractivity contribution in [2.45, 2.75) is 76.1 Å². The van der Waals surface area contributed by atoms with Gasteiger partial charge in [-0.25, -0.2) is 0 Å². The standard InChI is InChI=1S/C24H32O5Si/c1-24(2)28-22-21(26-15-17-11-7-5-8-12-17)20(27-23(22)29-24)19(25)16-30(3,4)18-13-9-6-10-14-18/h5-14,19-23,25H,15-16H2,1-4H3/t19-,20+,21?,22?,23+/m0/s1. The van der Waals surface area contributed by atoms with Crippen molar-refractivity contribution in [2.75, 3.05) is 0 Å². The molecule has 0 amide bonds. The van der Waals surface area contributed by atoms with Crippen LogP contribution in [-0.4, -0.2) is 49.7 Å². The van der Waals surface area contributed by atoms with Crippen molar-refractivity contribution in [3.63, 3.8) is 0 Å². The van der Waals surface area contributed by atoms with E-state index in [0.717, 1.165) is 5.56 Å². The molecule has 2 aliphatic rings. The Hall–Kier alpha value is -1.54. The fourth-order valence-electron chi connectivity index (χ4n) is 4.42. The van der Waals surface area contributed by atoms with Crippen molar-refractivity contribution < 1.29 is 24.1 Å². The Balaban J connectivity index is 1.50. The highest BCUT2D eigenvalue weighted by Gasteiger charge is 2.57. The number of benzene rings is 2. The first-order valence-corrected chi connectivity index (χ1v) is 13.9. The number of aliphatic hydroxyl groups is 1. The van der Waals surface area contributed by atoms with Crippen LogP contribution in [0.5, 0.6) is 0 Å². The Kier molecular flexibility index (Phi) is 6.17. The van der Waals surface area contributed by atoms with E-state index in [1.165, 1.54) is 5.19 Å². The molecule has 2 aromatic rings. The molecule has 2 aliphatic heterocycles. The second kappa shape index (κ2) is 8.53. The lowest BCUT2D eigenvalue weighted by Gasteiger charge is -2.32. The molecule has 0 saturated carbocycles. The zero-order chi connectivity index (χ0) is 21.4. The van der Waals surface area contributed by atoms with E-state index in [1.807, 2.05) is 50.2 Å². The second-order valence-electron chi connectivity index (χ2n) is 9.35. The van der Waals surface area contributed by atoms with Gasteiger partial charge in [0, 0.05) is 0 Å². The van der Waals surface area contributed by atoms with Crippen LogP contribution in [-0.2, 0) is 25.6 Å². The average molecular weight is 429 g/mol. The van der Waals surface area contributed by atoms with E-state index in [-0.39, 0.29) is 6.10 Å². The van der Waals surface area contributed by atoms with Gasteiger partial charge >= 0.3 is 0 Å². The lowest BCUT2D eigenvalue weighted by atomic mass is 10.1. The van der Waals surface area contributed by atoms with Gasteiger partial charge in [0.1, 0.15) is 18.3 Å². The molecule has 2 heterocycles. The molecule has 162 valence electrons. The van der Waals surface area contributed by atoms with E-state index in [9.17, 15) is 5.11 Å². The topological polar surface area (TPSA) is 57.2 Å². The maximum absolute atomic E-state index is 11.2. The van der Waals surface area contributed by atoms with E-state index in [2.05, 4.69) is 37.4 Å². The number of fused-ring (bicyclic) bond motifs is 1. The summed E-state index contributed by atoms with van der Waals surface area (Å²) in [6, 6.07) is 21.1. The van der Waals surface area contributed by atoms with Gasteiger partial charge in [0.2, 0.25) is 0 Å². The summed E-state index contributed by atoms with van der Waals surface area (Å²) in [7, 11) is -1.86. The molecule has 2 fully saturated rings. The number of rotatable bonds is 7. The molecule has 30 heavy (non-hydrogen) atoms. The highest BCUT2D eigenvalue weighted by molar-refractivity contribution is 6.89. The first-order chi connectivity index (χ1) is 14.3. The molecule has 2 aromatic carbocycles. The van der Waals surface area contributed by atoms with Crippen LogP contribution in [0.3, 0.4) is 0 Å². The molecule has 4 rings (SSSR count). The number of hydrogen-bond acceptors (Lipinski definition) is 5. The third kappa shape index (κ3) is 4.69. The summed E-state index contributed by atoms with van der Waals surface area (Å²) >= 11 is 0. The lowest BCUT2D eigenvalue weighted by Crippen LogP contribution is -2.49. The Morgan fingerprint density at radius 1 is 1.00 bits per heavy atom.